The SMILES string of the molecule is C/C=C\C.C=C1C=Cc2ccccc2NC1. The van der Waals surface area contributed by atoms with Crippen molar-refractivity contribution in [1.29, 1.82) is 0 Å². The summed E-state index contributed by atoms with van der Waals surface area (Å²) < 4.78 is 0. The van der Waals surface area contributed by atoms with Crippen molar-refractivity contribution in [3.05, 3.63) is 60.2 Å². The lowest BCUT2D eigenvalue weighted by Crippen LogP contribution is -2.01. The van der Waals surface area contributed by atoms with E-state index < -0.39 is 0 Å². The molecule has 0 aromatic heterocycles. The summed E-state index contributed by atoms with van der Waals surface area (Å²) in [5.41, 5.74) is 3.54. The van der Waals surface area contributed by atoms with Crippen LogP contribution in [0, 0.1) is 0 Å². The molecule has 1 N–H and O–H groups in total. The van der Waals surface area contributed by atoms with E-state index in [4.69, 9.17) is 0 Å². The smallest absolute Gasteiger partial charge is 0.0416 e. The first-order valence-corrected chi connectivity index (χ1v) is 5.54. The number of benzene rings is 1. The summed E-state index contributed by atoms with van der Waals surface area (Å²) >= 11 is 0. The molecule has 1 nitrogen and oxygen atoms in total. The van der Waals surface area contributed by atoms with Gasteiger partial charge in [-0.05, 0) is 31.1 Å². The molecule has 0 amide bonds. The molecular weight excluding hydrogens is 194 g/mol. The molecule has 1 aromatic rings. The molecule has 0 saturated carbocycles. The maximum Gasteiger partial charge on any atom is 0.0416 e. The molecule has 0 fully saturated rings. The fourth-order valence-electron chi connectivity index (χ4n) is 1.28. The maximum absolute atomic E-state index is 3.91. The second kappa shape index (κ2) is 6.67. The van der Waals surface area contributed by atoms with Gasteiger partial charge in [0.1, 0.15) is 0 Å². The number of para-hydroxylation sites is 1. The van der Waals surface area contributed by atoms with Crippen molar-refractivity contribution >= 4 is 11.8 Å². The minimum atomic E-state index is 0.841. The Balaban J connectivity index is 0.000000280. The van der Waals surface area contributed by atoms with Gasteiger partial charge in [0.05, 0.1) is 0 Å². The first-order valence-electron chi connectivity index (χ1n) is 5.54. The Morgan fingerprint density at radius 1 is 1.12 bits per heavy atom. The number of nitrogens with one attached hydrogen (secondary N) is 1. The lowest BCUT2D eigenvalue weighted by atomic mass is 10.2. The first-order chi connectivity index (χ1) is 7.77. The van der Waals surface area contributed by atoms with Crippen molar-refractivity contribution in [2.24, 2.45) is 0 Å². The monoisotopic (exact) mass is 213 g/mol. The van der Waals surface area contributed by atoms with Gasteiger partial charge < -0.3 is 5.32 Å². The predicted molar refractivity (Wildman–Crippen MR) is 73.6 cm³/mol. The molecule has 0 radical (unpaired) electrons. The zero-order valence-electron chi connectivity index (χ0n) is 10.0. The van der Waals surface area contributed by atoms with Crippen molar-refractivity contribution in [3.63, 3.8) is 0 Å². The third-order valence-electron chi connectivity index (χ3n) is 2.30. The van der Waals surface area contributed by atoms with Crippen LogP contribution in [0.1, 0.15) is 19.4 Å². The number of rotatable bonds is 0. The van der Waals surface area contributed by atoms with E-state index in [0.29, 0.717) is 0 Å². The van der Waals surface area contributed by atoms with Crippen molar-refractivity contribution < 1.29 is 0 Å². The molecule has 0 bridgehead atoms. The fourth-order valence-corrected chi connectivity index (χ4v) is 1.28. The topological polar surface area (TPSA) is 12.0 Å². The minimum Gasteiger partial charge on any atom is -0.381 e. The van der Waals surface area contributed by atoms with Gasteiger partial charge in [0.25, 0.3) is 0 Å². The van der Waals surface area contributed by atoms with Crippen LogP contribution in [-0.4, -0.2) is 6.54 Å². The Kier molecular flexibility index (Phi) is 5.13. The zero-order chi connectivity index (χ0) is 11.8. The van der Waals surface area contributed by atoms with Crippen LogP contribution in [0.5, 0.6) is 0 Å². The van der Waals surface area contributed by atoms with Crippen LogP contribution in [-0.2, 0) is 0 Å². The highest BCUT2D eigenvalue weighted by Gasteiger charge is 2.01. The summed E-state index contributed by atoms with van der Waals surface area (Å²) in [4.78, 5) is 0. The van der Waals surface area contributed by atoms with Crippen LogP contribution in [0.2, 0.25) is 0 Å². The van der Waals surface area contributed by atoms with Crippen LogP contribution in [0.15, 0.2) is 54.6 Å². The van der Waals surface area contributed by atoms with Gasteiger partial charge in [-0.1, -0.05) is 49.1 Å². The van der Waals surface area contributed by atoms with Crippen LogP contribution in [0.4, 0.5) is 5.69 Å². The molecule has 0 saturated heterocycles. The summed E-state index contributed by atoms with van der Waals surface area (Å²) in [5, 5.41) is 3.31. The van der Waals surface area contributed by atoms with E-state index in [1.807, 2.05) is 38.1 Å². The molecule has 0 atom stereocenters. The van der Waals surface area contributed by atoms with E-state index >= 15 is 0 Å². The first kappa shape index (κ1) is 12.3. The quantitative estimate of drug-likeness (QED) is 0.635. The average Bonchev–Trinajstić information content (AvgIpc) is 2.53. The summed E-state index contributed by atoms with van der Waals surface area (Å²) in [5.74, 6) is 0. The van der Waals surface area contributed by atoms with Gasteiger partial charge in [-0.2, -0.15) is 0 Å². The highest BCUT2D eigenvalue weighted by molar-refractivity contribution is 5.70. The van der Waals surface area contributed by atoms with Crippen LogP contribution < -0.4 is 5.32 Å². The molecule has 1 heteroatoms. The summed E-state index contributed by atoms with van der Waals surface area (Å²) in [6.07, 6.45) is 8.15. The molecule has 84 valence electrons. The number of hydrogen-bond donors (Lipinski definition) is 1. The second-order valence-electron chi connectivity index (χ2n) is 3.60. The molecule has 1 aliphatic heterocycles. The van der Waals surface area contributed by atoms with E-state index in [-0.39, 0.29) is 0 Å². The Hall–Kier alpha value is -1.76. The molecule has 1 heterocycles. The lowest BCUT2D eigenvalue weighted by molar-refractivity contribution is 1.29. The minimum absolute atomic E-state index is 0.841. The zero-order valence-corrected chi connectivity index (χ0v) is 10.0. The Morgan fingerprint density at radius 3 is 2.50 bits per heavy atom. The van der Waals surface area contributed by atoms with Crippen molar-refractivity contribution in [1.82, 2.24) is 0 Å². The summed E-state index contributed by atoms with van der Waals surface area (Å²) in [6, 6.07) is 8.25. The Bertz CT molecular complexity index is 396. The average molecular weight is 213 g/mol. The van der Waals surface area contributed by atoms with Crippen LogP contribution in [0.25, 0.3) is 6.08 Å². The van der Waals surface area contributed by atoms with Crippen molar-refractivity contribution in [2.45, 2.75) is 13.8 Å². The summed E-state index contributed by atoms with van der Waals surface area (Å²) in [7, 11) is 0. The standard InChI is InChI=1S/C11H11N.C4H8/c1-9-6-7-10-4-2-3-5-11(10)12-8-9;1-3-4-2/h2-7,12H,1,8H2;3-4H,1-2H3/b;4-3-. The van der Waals surface area contributed by atoms with E-state index in [9.17, 15) is 0 Å². The largest absolute Gasteiger partial charge is 0.381 e. The molecular formula is C15H19N. The van der Waals surface area contributed by atoms with Crippen molar-refractivity contribution in [3.8, 4) is 0 Å². The van der Waals surface area contributed by atoms with Gasteiger partial charge >= 0.3 is 0 Å². The van der Waals surface area contributed by atoms with Gasteiger partial charge in [-0.15, -0.1) is 0 Å². The van der Waals surface area contributed by atoms with Gasteiger partial charge in [0.2, 0.25) is 0 Å². The Morgan fingerprint density at radius 2 is 1.81 bits per heavy atom. The third kappa shape index (κ3) is 3.77. The number of fused-ring (bicyclic) bond motifs is 1. The van der Waals surface area contributed by atoms with Crippen LogP contribution >= 0.6 is 0 Å². The molecule has 16 heavy (non-hydrogen) atoms. The fraction of sp³-hybridized carbons (Fsp3) is 0.200. The van der Waals surface area contributed by atoms with Crippen molar-refractivity contribution in [2.75, 3.05) is 11.9 Å². The molecule has 2 rings (SSSR count). The molecule has 1 aromatic carbocycles. The number of anilines is 1. The second-order valence-corrected chi connectivity index (χ2v) is 3.60. The van der Waals surface area contributed by atoms with E-state index in [0.717, 1.165) is 12.1 Å². The predicted octanol–water partition coefficient (Wildman–Crippen LogP) is 4.26. The number of allylic oxidation sites excluding steroid dienone is 2. The van der Waals surface area contributed by atoms with Gasteiger partial charge in [0.15, 0.2) is 0 Å². The molecule has 1 aliphatic rings. The van der Waals surface area contributed by atoms with Crippen LogP contribution in [0.3, 0.4) is 0 Å². The van der Waals surface area contributed by atoms with E-state index in [1.165, 1.54) is 11.3 Å². The number of hydrogen-bond acceptors (Lipinski definition) is 1. The summed E-state index contributed by atoms with van der Waals surface area (Å²) in [6.45, 7) is 8.75. The molecule has 0 unspecified atom stereocenters. The normalized spacial score (nSPS) is 13.5. The van der Waals surface area contributed by atoms with Gasteiger partial charge in [-0.25, -0.2) is 0 Å². The molecule has 0 spiro atoms. The van der Waals surface area contributed by atoms with Gasteiger partial charge in [-0.3, -0.25) is 0 Å². The van der Waals surface area contributed by atoms with E-state index in [1.54, 1.807) is 0 Å². The maximum atomic E-state index is 3.91. The Labute approximate surface area is 98.2 Å². The lowest BCUT2D eigenvalue weighted by Gasteiger charge is -2.05. The van der Waals surface area contributed by atoms with E-state index in [2.05, 4.69) is 36.2 Å². The van der Waals surface area contributed by atoms with Gasteiger partial charge in [0, 0.05) is 12.2 Å². The highest BCUT2D eigenvalue weighted by atomic mass is 14.9. The molecule has 0 aliphatic carbocycles. The highest BCUT2D eigenvalue weighted by Crippen LogP contribution is 2.20. The third-order valence-corrected chi connectivity index (χ3v) is 2.30.